The molecule has 1 aromatic carbocycles. The lowest BCUT2D eigenvalue weighted by Gasteiger charge is -2.21. The summed E-state index contributed by atoms with van der Waals surface area (Å²) >= 11 is 0. The van der Waals surface area contributed by atoms with Crippen LogP contribution < -0.4 is 0 Å². The van der Waals surface area contributed by atoms with E-state index in [1.807, 2.05) is 0 Å². The fraction of sp³-hybridized carbons (Fsp3) is 0.312. The lowest BCUT2D eigenvalue weighted by atomic mass is 10.1. The Hall–Kier alpha value is -2.77. The molecular weight excluding hydrogens is 322 g/mol. The highest BCUT2D eigenvalue weighted by Crippen LogP contribution is 2.16. The molecule has 6 nitrogen and oxygen atoms in total. The predicted molar refractivity (Wildman–Crippen MR) is 79.2 cm³/mol. The number of halogens is 2. The summed E-state index contributed by atoms with van der Waals surface area (Å²) in [5.74, 6) is -3.24. The maximum atomic E-state index is 13.3. The van der Waals surface area contributed by atoms with E-state index in [1.54, 1.807) is 6.92 Å². The minimum absolute atomic E-state index is 0.0701. The van der Waals surface area contributed by atoms with Crippen molar-refractivity contribution in [1.82, 2.24) is 9.88 Å². The van der Waals surface area contributed by atoms with Crippen LogP contribution in [0.25, 0.3) is 0 Å². The van der Waals surface area contributed by atoms with E-state index >= 15 is 0 Å². The molecule has 0 saturated carbocycles. The zero-order valence-corrected chi connectivity index (χ0v) is 13.0. The first-order valence-corrected chi connectivity index (χ1v) is 7.29. The van der Waals surface area contributed by atoms with Crippen LogP contribution in [0.2, 0.25) is 0 Å². The summed E-state index contributed by atoms with van der Waals surface area (Å²) in [6.45, 7) is 1.62. The van der Waals surface area contributed by atoms with Gasteiger partial charge >= 0.3 is 5.97 Å². The van der Waals surface area contributed by atoms with Crippen molar-refractivity contribution in [3.8, 4) is 0 Å². The fourth-order valence-corrected chi connectivity index (χ4v) is 2.19. The molecule has 2 rings (SSSR count). The average molecular weight is 338 g/mol. The van der Waals surface area contributed by atoms with Crippen molar-refractivity contribution >= 4 is 11.9 Å². The first-order valence-electron chi connectivity index (χ1n) is 7.29. The van der Waals surface area contributed by atoms with E-state index in [-0.39, 0.29) is 25.2 Å². The SMILES string of the molecule is CCc1ocnc1C(=O)N(CCC(=O)O)Cc1ccc(F)c(F)c1. The number of benzene rings is 1. The normalized spacial score (nSPS) is 10.6. The van der Waals surface area contributed by atoms with Crippen LogP contribution in [-0.4, -0.2) is 33.4 Å². The quantitative estimate of drug-likeness (QED) is 0.839. The van der Waals surface area contributed by atoms with E-state index in [0.29, 0.717) is 17.7 Å². The molecule has 1 heterocycles. The second-order valence-corrected chi connectivity index (χ2v) is 5.10. The topological polar surface area (TPSA) is 83.6 Å². The molecule has 8 heteroatoms. The Morgan fingerprint density at radius 2 is 2.04 bits per heavy atom. The van der Waals surface area contributed by atoms with E-state index in [1.165, 1.54) is 11.0 Å². The van der Waals surface area contributed by atoms with Gasteiger partial charge in [0.25, 0.3) is 5.91 Å². The van der Waals surface area contributed by atoms with Crippen LogP contribution in [0.1, 0.15) is 35.2 Å². The van der Waals surface area contributed by atoms with Crippen LogP contribution >= 0.6 is 0 Å². The molecule has 0 unspecified atom stereocenters. The van der Waals surface area contributed by atoms with Crippen LogP contribution in [-0.2, 0) is 17.8 Å². The number of carboxylic acids is 1. The Morgan fingerprint density at radius 3 is 2.67 bits per heavy atom. The highest BCUT2D eigenvalue weighted by atomic mass is 19.2. The molecular formula is C16H16F2N2O4. The van der Waals surface area contributed by atoms with Crippen LogP contribution in [0.3, 0.4) is 0 Å². The zero-order valence-electron chi connectivity index (χ0n) is 13.0. The Balaban J connectivity index is 2.24. The van der Waals surface area contributed by atoms with Crippen LogP contribution in [0.5, 0.6) is 0 Å². The van der Waals surface area contributed by atoms with Crippen LogP contribution in [0, 0.1) is 11.6 Å². The van der Waals surface area contributed by atoms with E-state index in [9.17, 15) is 18.4 Å². The van der Waals surface area contributed by atoms with Crippen molar-refractivity contribution < 1.29 is 27.9 Å². The maximum absolute atomic E-state index is 13.3. The minimum Gasteiger partial charge on any atom is -0.481 e. The molecule has 0 aliphatic carbocycles. The molecule has 24 heavy (non-hydrogen) atoms. The van der Waals surface area contributed by atoms with Gasteiger partial charge in [0, 0.05) is 19.5 Å². The lowest BCUT2D eigenvalue weighted by Crippen LogP contribution is -2.33. The van der Waals surface area contributed by atoms with Gasteiger partial charge in [-0.05, 0) is 17.7 Å². The van der Waals surface area contributed by atoms with Gasteiger partial charge in [0.2, 0.25) is 0 Å². The third-order valence-electron chi connectivity index (χ3n) is 3.40. The number of rotatable bonds is 7. The monoisotopic (exact) mass is 338 g/mol. The maximum Gasteiger partial charge on any atom is 0.305 e. The van der Waals surface area contributed by atoms with Crippen molar-refractivity contribution in [2.24, 2.45) is 0 Å². The second-order valence-electron chi connectivity index (χ2n) is 5.10. The lowest BCUT2D eigenvalue weighted by molar-refractivity contribution is -0.137. The second kappa shape index (κ2) is 7.67. The van der Waals surface area contributed by atoms with Gasteiger partial charge in [0.15, 0.2) is 23.7 Å². The van der Waals surface area contributed by atoms with Crippen molar-refractivity contribution in [1.29, 1.82) is 0 Å². The van der Waals surface area contributed by atoms with Gasteiger partial charge < -0.3 is 14.4 Å². The summed E-state index contributed by atoms with van der Waals surface area (Å²) in [6, 6.07) is 3.26. The number of amides is 1. The average Bonchev–Trinajstić information content (AvgIpc) is 3.02. The van der Waals surface area contributed by atoms with E-state index in [0.717, 1.165) is 18.5 Å². The first-order chi connectivity index (χ1) is 11.4. The van der Waals surface area contributed by atoms with Crippen molar-refractivity contribution in [2.75, 3.05) is 6.54 Å². The molecule has 0 saturated heterocycles. The van der Waals surface area contributed by atoms with Gasteiger partial charge in [-0.15, -0.1) is 0 Å². The first kappa shape index (κ1) is 17.6. The smallest absolute Gasteiger partial charge is 0.305 e. The molecule has 0 fully saturated rings. The van der Waals surface area contributed by atoms with Crippen molar-refractivity contribution in [3.05, 3.63) is 53.2 Å². The highest BCUT2D eigenvalue weighted by molar-refractivity contribution is 5.93. The number of carbonyl (C=O) groups excluding carboxylic acids is 1. The number of hydrogen-bond donors (Lipinski definition) is 1. The molecule has 1 amide bonds. The summed E-state index contributed by atoms with van der Waals surface area (Å²) in [5, 5.41) is 8.84. The summed E-state index contributed by atoms with van der Waals surface area (Å²) in [4.78, 5) is 28.5. The molecule has 128 valence electrons. The van der Waals surface area contributed by atoms with Gasteiger partial charge in [0.05, 0.1) is 6.42 Å². The summed E-state index contributed by atoms with van der Waals surface area (Å²) in [5.41, 5.74) is 0.430. The number of hydrogen-bond acceptors (Lipinski definition) is 4. The number of aromatic nitrogens is 1. The molecule has 1 N–H and O–H groups in total. The summed E-state index contributed by atoms with van der Waals surface area (Å²) in [7, 11) is 0. The molecule has 1 aromatic heterocycles. The number of carbonyl (C=O) groups is 2. The van der Waals surface area contributed by atoms with E-state index in [4.69, 9.17) is 9.52 Å². The number of aliphatic carboxylic acids is 1. The van der Waals surface area contributed by atoms with E-state index < -0.39 is 23.5 Å². The zero-order chi connectivity index (χ0) is 17.7. The Morgan fingerprint density at radius 1 is 1.29 bits per heavy atom. The Kier molecular flexibility index (Phi) is 5.62. The van der Waals surface area contributed by atoms with Gasteiger partial charge in [-0.1, -0.05) is 13.0 Å². The Bertz CT molecular complexity index is 745. The fourth-order valence-electron chi connectivity index (χ4n) is 2.19. The van der Waals surface area contributed by atoms with Gasteiger partial charge in [-0.3, -0.25) is 9.59 Å². The van der Waals surface area contributed by atoms with Gasteiger partial charge in [0.1, 0.15) is 5.76 Å². The standard InChI is InChI=1S/C16H16F2N2O4/c1-2-13-15(19-9-24-13)16(23)20(6-5-14(21)22)8-10-3-4-11(17)12(18)7-10/h3-4,7,9H,2,5-6,8H2,1H3,(H,21,22). The largest absolute Gasteiger partial charge is 0.481 e. The molecule has 0 bridgehead atoms. The van der Waals surface area contributed by atoms with Crippen molar-refractivity contribution in [3.63, 3.8) is 0 Å². The highest BCUT2D eigenvalue weighted by Gasteiger charge is 2.23. The minimum atomic E-state index is -1.08. The summed E-state index contributed by atoms with van der Waals surface area (Å²) < 4.78 is 31.5. The summed E-state index contributed by atoms with van der Waals surface area (Å²) in [6.07, 6.45) is 1.30. The van der Waals surface area contributed by atoms with Gasteiger partial charge in [-0.2, -0.15) is 0 Å². The van der Waals surface area contributed by atoms with Crippen LogP contribution in [0.4, 0.5) is 8.78 Å². The third kappa shape index (κ3) is 4.15. The molecule has 0 spiro atoms. The molecule has 2 aromatic rings. The number of aryl methyl sites for hydroxylation is 1. The molecule has 0 atom stereocenters. The molecule has 0 aliphatic heterocycles. The number of nitrogens with zero attached hydrogens (tertiary/aromatic N) is 2. The van der Waals surface area contributed by atoms with E-state index in [2.05, 4.69) is 4.98 Å². The number of carboxylic acid groups (broad SMARTS) is 1. The third-order valence-corrected chi connectivity index (χ3v) is 3.40. The predicted octanol–water partition coefficient (Wildman–Crippen LogP) is 2.63. The Labute approximate surface area is 136 Å². The van der Waals surface area contributed by atoms with Gasteiger partial charge in [-0.25, -0.2) is 13.8 Å². The van der Waals surface area contributed by atoms with Crippen molar-refractivity contribution in [2.45, 2.75) is 26.3 Å². The molecule has 0 radical (unpaired) electrons. The number of oxazole rings is 1. The molecule has 0 aliphatic rings. The van der Waals surface area contributed by atoms with Crippen LogP contribution in [0.15, 0.2) is 29.0 Å².